The van der Waals surface area contributed by atoms with Crippen molar-refractivity contribution in [3.05, 3.63) is 12.7 Å². The van der Waals surface area contributed by atoms with Crippen LogP contribution in [0.5, 0.6) is 0 Å². The van der Waals surface area contributed by atoms with Crippen molar-refractivity contribution in [2.75, 3.05) is 18.8 Å². The maximum Gasteiger partial charge on any atom is 0.407 e. The van der Waals surface area contributed by atoms with Crippen molar-refractivity contribution < 1.29 is 14.3 Å². The average Bonchev–Trinajstić information content (AvgIpc) is 2.80. The second kappa shape index (κ2) is 15.8. The third-order valence-corrected chi connectivity index (χ3v) is 8.95. The Morgan fingerprint density at radius 2 is 1.77 bits per heavy atom. The molecule has 0 aromatic rings. The van der Waals surface area contributed by atoms with Crippen LogP contribution in [-0.2, 0) is 9.53 Å². The summed E-state index contributed by atoms with van der Waals surface area (Å²) in [4.78, 5) is 25.5. The van der Waals surface area contributed by atoms with E-state index in [0.717, 1.165) is 70.0 Å². The van der Waals surface area contributed by atoms with Crippen molar-refractivity contribution in [3.8, 4) is 0 Å². The first-order valence-corrected chi connectivity index (χ1v) is 15.0. The summed E-state index contributed by atoms with van der Waals surface area (Å²) in [6.45, 7) is 18.0. The fourth-order valence-corrected chi connectivity index (χ4v) is 6.60. The Morgan fingerprint density at radius 3 is 2.34 bits per heavy atom. The van der Waals surface area contributed by atoms with Crippen LogP contribution in [0, 0.1) is 11.3 Å². The van der Waals surface area contributed by atoms with Gasteiger partial charge in [0.1, 0.15) is 5.60 Å². The maximum absolute atomic E-state index is 12.8. The third kappa shape index (κ3) is 12.6. The summed E-state index contributed by atoms with van der Waals surface area (Å²) in [7, 11) is 0. The van der Waals surface area contributed by atoms with Crippen LogP contribution in [0.3, 0.4) is 0 Å². The van der Waals surface area contributed by atoms with Crippen molar-refractivity contribution in [2.24, 2.45) is 11.3 Å². The molecule has 0 radical (unpaired) electrons. The molecular formula is C29H54N2O3S. The molecule has 0 spiro atoms. The molecule has 1 aliphatic rings. The van der Waals surface area contributed by atoms with Gasteiger partial charge in [-0.25, -0.2) is 4.79 Å². The standard InChI is InChI=1S/C29H54N2O3S/c1-8-15-24(10-3)21-27(5,6)34-26(33)31-23-29(17-13-12-14-18-29)22-25(32)30-19-20-35-28(7,11-4)16-9-2/h11,24H,4,8-10,12-23H2,1-3,5-7H3,(H,30,32)(H,31,33). The Balaban J connectivity index is 2.57. The van der Waals surface area contributed by atoms with Gasteiger partial charge in [-0.05, 0) is 57.8 Å². The molecule has 0 aliphatic heterocycles. The highest BCUT2D eigenvalue weighted by atomic mass is 32.2. The quantitative estimate of drug-likeness (QED) is 0.156. The van der Waals surface area contributed by atoms with Crippen molar-refractivity contribution in [1.29, 1.82) is 0 Å². The molecule has 1 saturated carbocycles. The number of hydrogen-bond acceptors (Lipinski definition) is 4. The predicted octanol–water partition coefficient (Wildman–Crippen LogP) is 7.64. The van der Waals surface area contributed by atoms with Gasteiger partial charge in [0.2, 0.25) is 5.91 Å². The number of carbonyl (C=O) groups is 2. The van der Waals surface area contributed by atoms with E-state index in [-0.39, 0.29) is 22.2 Å². The van der Waals surface area contributed by atoms with E-state index in [1.165, 1.54) is 6.42 Å². The van der Waals surface area contributed by atoms with Gasteiger partial charge >= 0.3 is 6.09 Å². The Hall–Kier alpha value is -1.17. The molecule has 1 rings (SSSR count). The van der Waals surface area contributed by atoms with E-state index in [0.29, 0.717) is 25.4 Å². The highest BCUT2D eigenvalue weighted by Gasteiger charge is 2.35. The molecule has 1 aliphatic carbocycles. The lowest BCUT2D eigenvalue weighted by Gasteiger charge is -2.37. The highest BCUT2D eigenvalue weighted by molar-refractivity contribution is 8.00. The van der Waals surface area contributed by atoms with Gasteiger partial charge in [-0.1, -0.05) is 71.8 Å². The fourth-order valence-electron chi connectivity index (χ4n) is 5.47. The zero-order valence-electron chi connectivity index (χ0n) is 23.6. The first kappa shape index (κ1) is 31.9. The van der Waals surface area contributed by atoms with Crippen LogP contribution in [0.2, 0.25) is 0 Å². The zero-order chi connectivity index (χ0) is 26.4. The molecule has 2 unspecified atom stereocenters. The smallest absolute Gasteiger partial charge is 0.407 e. The van der Waals surface area contributed by atoms with Crippen LogP contribution in [0.15, 0.2) is 12.7 Å². The van der Waals surface area contributed by atoms with E-state index < -0.39 is 5.60 Å². The molecule has 204 valence electrons. The SMILES string of the molecule is C=CC(C)(CCC)SCCNC(=O)CC1(CNC(=O)OC(C)(C)CC(CC)CCC)CCCCC1. The normalized spacial score (nSPS) is 18.2. The minimum Gasteiger partial charge on any atom is -0.444 e. The first-order valence-electron chi connectivity index (χ1n) is 14.0. The first-order chi connectivity index (χ1) is 16.5. The zero-order valence-corrected chi connectivity index (χ0v) is 24.4. The summed E-state index contributed by atoms with van der Waals surface area (Å²) >= 11 is 1.86. The van der Waals surface area contributed by atoms with E-state index in [4.69, 9.17) is 4.74 Å². The lowest BCUT2D eigenvalue weighted by Crippen LogP contribution is -2.44. The molecular weight excluding hydrogens is 456 g/mol. The van der Waals surface area contributed by atoms with Crippen LogP contribution in [0.1, 0.15) is 119 Å². The minimum absolute atomic E-state index is 0.0653. The fraction of sp³-hybridized carbons (Fsp3) is 0.862. The largest absolute Gasteiger partial charge is 0.444 e. The molecule has 5 nitrogen and oxygen atoms in total. The van der Waals surface area contributed by atoms with Crippen molar-refractivity contribution in [2.45, 2.75) is 129 Å². The Labute approximate surface area is 220 Å². The number of ether oxygens (including phenoxy) is 1. The number of amides is 2. The van der Waals surface area contributed by atoms with Crippen LogP contribution in [0.25, 0.3) is 0 Å². The van der Waals surface area contributed by atoms with E-state index >= 15 is 0 Å². The van der Waals surface area contributed by atoms with E-state index in [1.54, 1.807) is 0 Å². The Kier molecular flexibility index (Phi) is 14.4. The lowest BCUT2D eigenvalue weighted by atomic mass is 9.71. The Morgan fingerprint density at radius 1 is 1.09 bits per heavy atom. The van der Waals surface area contributed by atoms with Gasteiger partial charge < -0.3 is 15.4 Å². The molecule has 0 aromatic heterocycles. The predicted molar refractivity (Wildman–Crippen MR) is 151 cm³/mol. The highest BCUT2D eigenvalue weighted by Crippen LogP contribution is 2.39. The van der Waals surface area contributed by atoms with E-state index in [1.807, 2.05) is 31.7 Å². The number of nitrogens with one attached hydrogen (secondary N) is 2. The molecule has 0 bridgehead atoms. The van der Waals surface area contributed by atoms with Gasteiger partial charge in [0.15, 0.2) is 0 Å². The van der Waals surface area contributed by atoms with Crippen molar-refractivity contribution >= 4 is 23.8 Å². The summed E-state index contributed by atoms with van der Waals surface area (Å²) in [6.07, 6.45) is 14.0. The van der Waals surface area contributed by atoms with Crippen LogP contribution >= 0.6 is 11.8 Å². The molecule has 2 N–H and O–H groups in total. The number of carbonyl (C=O) groups excluding carboxylic acids is 2. The number of thioether (sulfide) groups is 1. The molecule has 35 heavy (non-hydrogen) atoms. The molecule has 1 fully saturated rings. The summed E-state index contributed by atoms with van der Waals surface area (Å²) in [5, 5.41) is 6.15. The molecule has 6 heteroatoms. The van der Waals surface area contributed by atoms with Crippen molar-refractivity contribution in [3.63, 3.8) is 0 Å². The molecule has 0 heterocycles. The second-order valence-electron chi connectivity index (χ2n) is 11.5. The summed E-state index contributed by atoms with van der Waals surface area (Å²) in [5.74, 6) is 1.53. The van der Waals surface area contributed by atoms with Gasteiger partial charge in [-0.3, -0.25) is 4.79 Å². The van der Waals surface area contributed by atoms with Crippen LogP contribution in [0.4, 0.5) is 4.79 Å². The topological polar surface area (TPSA) is 67.4 Å². The van der Waals surface area contributed by atoms with Gasteiger partial charge in [0.05, 0.1) is 0 Å². The average molecular weight is 511 g/mol. The molecule has 2 atom stereocenters. The van der Waals surface area contributed by atoms with E-state index in [9.17, 15) is 9.59 Å². The summed E-state index contributed by atoms with van der Waals surface area (Å²) in [6, 6.07) is 0. The lowest BCUT2D eigenvalue weighted by molar-refractivity contribution is -0.123. The third-order valence-electron chi connectivity index (χ3n) is 7.52. The summed E-state index contributed by atoms with van der Waals surface area (Å²) < 4.78 is 5.90. The maximum atomic E-state index is 12.8. The second-order valence-corrected chi connectivity index (χ2v) is 13.1. The van der Waals surface area contributed by atoms with Gasteiger partial charge in [-0.15, -0.1) is 18.3 Å². The van der Waals surface area contributed by atoms with E-state index in [2.05, 4.69) is 44.9 Å². The van der Waals surface area contributed by atoms with Crippen LogP contribution < -0.4 is 10.6 Å². The number of rotatable bonds is 17. The minimum atomic E-state index is -0.494. The Bertz CT molecular complexity index is 646. The van der Waals surface area contributed by atoms with Crippen molar-refractivity contribution in [1.82, 2.24) is 10.6 Å². The summed E-state index contributed by atoms with van der Waals surface area (Å²) in [5.41, 5.74) is -0.670. The monoisotopic (exact) mass is 510 g/mol. The molecule has 0 aromatic carbocycles. The van der Waals surface area contributed by atoms with Gasteiger partial charge in [-0.2, -0.15) is 0 Å². The number of hydrogen-bond donors (Lipinski definition) is 2. The molecule has 2 amide bonds. The number of alkyl carbamates (subject to hydrolysis) is 1. The van der Waals surface area contributed by atoms with Crippen LogP contribution in [-0.4, -0.2) is 41.2 Å². The van der Waals surface area contributed by atoms with Gasteiger partial charge in [0.25, 0.3) is 0 Å². The molecule has 0 saturated heterocycles. The van der Waals surface area contributed by atoms with Gasteiger partial charge in [0, 0.05) is 30.0 Å².